The van der Waals surface area contributed by atoms with Crippen LogP contribution in [-0.4, -0.2) is 40.6 Å². The summed E-state index contributed by atoms with van der Waals surface area (Å²) in [6.07, 6.45) is 3.76. The Morgan fingerprint density at radius 3 is 3.00 bits per heavy atom. The molecule has 19 heavy (non-hydrogen) atoms. The number of rotatable bonds is 6. The van der Waals surface area contributed by atoms with Crippen molar-refractivity contribution in [3.8, 4) is 5.75 Å². The summed E-state index contributed by atoms with van der Waals surface area (Å²) in [5, 5.41) is 4.23. The summed E-state index contributed by atoms with van der Waals surface area (Å²) >= 11 is 4.13. The predicted octanol–water partition coefficient (Wildman–Crippen LogP) is 2.98. The molecular formula is C14H22N2OS2. The molecule has 2 atom stereocenters. The number of thioether (sulfide) groups is 2. The fourth-order valence-corrected chi connectivity index (χ4v) is 5.10. The van der Waals surface area contributed by atoms with Gasteiger partial charge in [0.25, 0.3) is 0 Å². The molecule has 0 bridgehead atoms. The summed E-state index contributed by atoms with van der Waals surface area (Å²) in [5.41, 5.74) is 1.24. The molecule has 5 heteroatoms. The maximum atomic E-state index is 5.56. The molecule has 0 aromatic carbocycles. The van der Waals surface area contributed by atoms with E-state index >= 15 is 0 Å². The van der Waals surface area contributed by atoms with Crippen LogP contribution in [0.4, 0.5) is 0 Å². The quantitative estimate of drug-likeness (QED) is 0.873. The highest BCUT2D eigenvalue weighted by Gasteiger charge is 2.25. The van der Waals surface area contributed by atoms with Gasteiger partial charge in [0.15, 0.2) is 0 Å². The average molecular weight is 298 g/mol. The Morgan fingerprint density at radius 2 is 2.32 bits per heavy atom. The summed E-state index contributed by atoms with van der Waals surface area (Å²) < 4.78 is 5.56. The molecule has 2 heterocycles. The minimum absolute atomic E-state index is 0.371. The van der Waals surface area contributed by atoms with Gasteiger partial charge in [0, 0.05) is 34.7 Å². The highest BCUT2D eigenvalue weighted by Crippen LogP contribution is 2.34. The van der Waals surface area contributed by atoms with Crippen molar-refractivity contribution in [3.63, 3.8) is 0 Å². The maximum Gasteiger partial charge on any atom is 0.137 e. The third-order valence-electron chi connectivity index (χ3n) is 3.04. The summed E-state index contributed by atoms with van der Waals surface area (Å²) in [6.45, 7) is 5.83. The van der Waals surface area contributed by atoms with Gasteiger partial charge in [-0.1, -0.05) is 6.92 Å². The van der Waals surface area contributed by atoms with Crippen molar-refractivity contribution in [1.29, 1.82) is 0 Å². The van der Waals surface area contributed by atoms with Gasteiger partial charge in [-0.3, -0.25) is 4.98 Å². The first-order chi connectivity index (χ1) is 9.35. The van der Waals surface area contributed by atoms with E-state index in [1.165, 1.54) is 22.8 Å². The first kappa shape index (κ1) is 15.0. The molecule has 1 N–H and O–H groups in total. The number of nitrogens with zero attached hydrogens (tertiary/aromatic N) is 1. The Bertz CT molecular complexity index is 383. The number of aromatic nitrogens is 1. The van der Waals surface area contributed by atoms with Crippen molar-refractivity contribution in [1.82, 2.24) is 10.3 Å². The highest BCUT2D eigenvalue weighted by molar-refractivity contribution is 8.06. The molecule has 1 aromatic rings. The van der Waals surface area contributed by atoms with Crippen LogP contribution in [0.3, 0.4) is 0 Å². The lowest BCUT2D eigenvalue weighted by molar-refractivity contribution is 0.338. The van der Waals surface area contributed by atoms with Gasteiger partial charge in [0.1, 0.15) is 5.75 Å². The third kappa shape index (κ3) is 4.29. The van der Waals surface area contributed by atoms with Gasteiger partial charge in [-0.05, 0) is 25.1 Å². The van der Waals surface area contributed by atoms with E-state index in [0.717, 1.165) is 12.3 Å². The zero-order chi connectivity index (χ0) is 13.5. The van der Waals surface area contributed by atoms with Gasteiger partial charge in [-0.25, -0.2) is 0 Å². The molecule has 1 saturated heterocycles. The van der Waals surface area contributed by atoms with Gasteiger partial charge in [0.2, 0.25) is 0 Å². The number of pyridine rings is 1. The molecule has 3 nitrogen and oxygen atoms in total. The van der Waals surface area contributed by atoms with Crippen LogP contribution in [0.15, 0.2) is 18.5 Å². The lowest BCUT2D eigenvalue weighted by Crippen LogP contribution is -2.33. The Morgan fingerprint density at radius 1 is 1.42 bits per heavy atom. The normalized spacial score (nSPS) is 21.1. The van der Waals surface area contributed by atoms with Crippen LogP contribution in [0.25, 0.3) is 0 Å². The average Bonchev–Trinajstić information content (AvgIpc) is 2.46. The van der Waals surface area contributed by atoms with E-state index in [2.05, 4.69) is 46.8 Å². The SMILES string of the molecule is CCNC(c1cncc(OCC)c1)C1CSCCS1. The number of hydrogen-bond acceptors (Lipinski definition) is 5. The molecule has 0 amide bonds. The number of hydrogen-bond donors (Lipinski definition) is 1. The number of ether oxygens (including phenoxy) is 1. The van der Waals surface area contributed by atoms with E-state index in [0.29, 0.717) is 17.9 Å². The van der Waals surface area contributed by atoms with E-state index < -0.39 is 0 Å². The summed E-state index contributed by atoms with van der Waals surface area (Å²) in [5.74, 6) is 4.60. The zero-order valence-corrected chi connectivity index (χ0v) is 13.2. The van der Waals surface area contributed by atoms with Gasteiger partial charge in [-0.15, -0.1) is 0 Å². The van der Waals surface area contributed by atoms with Gasteiger partial charge in [0.05, 0.1) is 12.8 Å². The van der Waals surface area contributed by atoms with Crippen LogP contribution in [0.5, 0.6) is 5.75 Å². The Kier molecular flexibility index (Phi) is 6.34. The standard InChI is InChI=1S/C14H22N2OS2/c1-3-16-14(13-10-18-5-6-19-13)11-7-12(17-4-2)9-15-8-11/h7-9,13-14,16H,3-6,10H2,1-2H3. The van der Waals surface area contributed by atoms with Crippen molar-refractivity contribution in [3.05, 3.63) is 24.0 Å². The van der Waals surface area contributed by atoms with E-state index in [1.807, 2.05) is 13.1 Å². The summed E-state index contributed by atoms with van der Waals surface area (Å²) in [6, 6.07) is 2.50. The summed E-state index contributed by atoms with van der Waals surface area (Å²) in [4.78, 5) is 4.32. The zero-order valence-electron chi connectivity index (χ0n) is 11.6. The molecular weight excluding hydrogens is 276 g/mol. The monoisotopic (exact) mass is 298 g/mol. The van der Waals surface area contributed by atoms with E-state index in [-0.39, 0.29) is 0 Å². The second kappa shape index (κ2) is 8.02. The molecule has 0 aliphatic carbocycles. The van der Waals surface area contributed by atoms with Crippen molar-refractivity contribution in [2.45, 2.75) is 25.1 Å². The van der Waals surface area contributed by atoms with Gasteiger partial charge >= 0.3 is 0 Å². The lowest BCUT2D eigenvalue weighted by atomic mass is 10.1. The van der Waals surface area contributed by atoms with Crippen LogP contribution in [0.1, 0.15) is 25.5 Å². The van der Waals surface area contributed by atoms with Gasteiger partial charge in [-0.2, -0.15) is 23.5 Å². The minimum Gasteiger partial charge on any atom is -0.492 e. The van der Waals surface area contributed by atoms with Crippen LogP contribution >= 0.6 is 23.5 Å². The third-order valence-corrected chi connectivity index (χ3v) is 5.91. The molecule has 2 unspecified atom stereocenters. The Labute approximate surface area is 124 Å². The molecule has 0 radical (unpaired) electrons. The van der Waals surface area contributed by atoms with E-state index in [1.54, 1.807) is 6.20 Å². The Balaban J connectivity index is 2.14. The fourth-order valence-electron chi connectivity index (χ4n) is 2.23. The van der Waals surface area contributed by atoms with Crippen LogP contribution in [0.2, 0.25) is 0 Å². The van der Waals surface area contributed by atoms with Crippen LogP contribution in [0, 0.1) is 0 Å². The largest absolute Gasteiger partial charge is 0.492 e. The maximum absolute atomic E-state index is 5.56. The fraction of sp³-hybridized carbons (Fsp3) is 0.643. The molecule has 1 aromatic heterocycles. The second-order valence-corrected chi connectivity index (χ2v) is 6.90. The first-order valence-electron chi connectivity index (χ1n) is 6.85. The van der Waals surface area contributed by atoms with Crippen molar-refractivity contribution in [2.24, 2.45) is 0 Å². The minimum atomic E-state index is 0.371. The Hall–Kier alpha value is -0.390. The molecule has 1 aliphatic heterocycles. The van der Waals surface area contributed by atoms with E-state index in [4.69, 9.17) is 4.74 Å². The van der Waals surface area contributed by atoms with Crippen molar-refractivity contribution < 1.29 is 4.74 Å². The molecule has 0 spiro atoms. The smallest absolute Gasteiger partial charge is 0.137 e. The molecule has 1 aliphatic rings. The summed E-state index contributed by atoms with van der Waals surface area (Å²) in [7, 11) is 0. The number of nitrogens with one attached hydrogen (secondary N) is 1. The second-order valence-electron chi connectivity index (χ2n) is 4.41. The molecule has 2 rings (SSSR count). The molecule has 0 saturated carbocycles. The van der Waals surface area contributed by atoms with Gasteiger partial charge < -0.3 is 10.1 Å². The lowest BCUT2D eigenvalue weighted by Gasteiger charge is -2.30. The van der Waals surface area contributed by atoms with Crippen molar-refractivity contribution >= 4 is 23.5 Å². The van der Waals surface area contributed by atoms with Crippen LogP contribution < -0.4 is 10.1 Å². The molecule has 1 fully saturated rings. The highest BCUT2D eigenvalue weighted by atomic mass is 32.2. The van der Waals surface area contributed by atoms with Crippen LogP contribution in [-0.2, 0) is 0 Å². The molecule has 106 valence electrons. The van der Waals surface area contributed by atoms with Crippen molar-refractivity contribution in [2.75, 3.05) is 30.4 Å². The topological polar surface area (TPSA) is 34.2 Å². The van der Waals surface area contributed by atoms with E-state index in [9.17, 15) is 0 Å². The predicted molar refractivity (Wildman–Crippen MR) is 85.4 cm³/mol. The first-order valence-corrected chi connectivity index (χ1v) is 9.06.